The summed E-state index contributed by atoms with van der Waals surface area (Å²) >= 11 is 5.91. The van der Waals surface area contributed by atoms with Gasteiger partial charge >= 0.3 is 11.6 Å². The van der Waals surface area contributed by atoms with Gasteiger partial charge in [0.1, 0.15) is 5.58 Å². The number of esters is 1. The summed E-state index contributed by atoms with van der Waals surface area (Å²) in [5.41, 5.74) is 6.17. The Bertz CT molecular complexity index is 678. The summed E-state index contributed by atoms with van der Waals surface area (Å²) in [6, 6.07) is 4.26. The van der Waals surface area contributed by atoms with Crippen molar-refractivity contribution < 1.29 is 13.9 Å². The van der Waals surface area contributed by atoms with Crippen molar-refractivity contribution in [3.63, 3.8) is 0 Å². The van der Waals surface area contributed by atoms with Gasteiger partial charge in [-0.15, -0.1) is 0 Å². The fourth-order valence-corrected chi connectivity index (χ4v) is 1.80. The van der Waals surface area contributed by atoms with E-state index < -0.39 is 11.6 Å². The summed E-state index contributed by atoms with van der Waals surface area (Å²) in [7, 11) is 1.28. The van der Waals surface area contributed by atoms with Crippen molar-refractivity contribution in [1.82, 2.24) is 0 Å². The lowest BCUT2D eigenvalue weighted by atomic mass is 10.1. The molecule has 1 heterocycles. The van der Waals surface area contributed by atoms with Crippen LogP contribution in [0.2, 0.25) is 5.02 Å². The van der Waals surface area contributed by atoms with Gasteiger partial charge in [0.15, 0.2) is 0 Å². The minimum Gasteiger partial charge on any atom is -0.469 e. The van der Waals surface area contributed by atoms with Crippen LogP contribution in [-0.4, -0.2) is 13.1 Å². The standard InChI is InChI=1S/C12H10ClNO4/c1-17-11(15)2-6-3-12(16)18-10-5-9(14)8(13)4-7(6)10/h3-5H,2,14H2,1H3. The Hall–Kier alpha value is -2.01. The first-order valence-electron chi connectivity index (χ1n) is 5.10. The smallest absolute Gasteiger partial charge is 0.336 e. The van der Waals surface area contributed by atoms with Gasteiger partial charge in [-0.05, 0) is 11.6 Å². The predicted molar refractivity (Wildman–Crippen MR) is 67.6 cm³/mol. The van der Waals surface area contributed by atoms with E-state index in [0.717, 1.165) is 0 Å². The second kappa shape index (κ2) is 4.70. The molecule has 0 radical (unpaired) electrons. The third-order valence-corrected chi connectivity index (χ3v) is 2.84. The minimum atomic E-state index is -0.553. The van der Waals surface area contributed by atoms with Crippen molar-refractivity contribution in [3.05, 3.63) is 39.2 Å². The Labute approximate surface area is 107 Å². The molecule has 0 spiro atoms. The zero-order valence-electron chi connectivity index (χ0n) is 9.53. The normalized spacial score (nSPS) is 10.6. The molecule has 0 aliphatic rings. The molecule has 2 rings (SSSR count). The van der Waals surface area contributed by atoms with Crippen molar-refractivity contribution >= 4 is 34.2 Å². The van der Waals surface area contributed by atoms with Gasteiger partial charge in [-0.2, -0.15) is 0 Å². The maximum absolute atomic E-state index is 11.4. The van der Waals surface area contributed by atoms with Crippen LogP contribution in [0.3, 0.4) is 0 Å². The molecule has 0 unspecified atom stereocenters. The van der Waals surface area contributed by atoms with Crippen molar-refractivity contribution in [1.29, 1.82) is 0 Å². The van der Waals surface area contributed by atoms with E-state index in [0.29, 0.717) is 27.2 Å². The van der Waals surface area contributed by atoms with Crippen LogP contribution in [0.1, 0.15) is 5.56 Å². The molecular formula is C12H10ClNO4. The van der Waals surface area contributed by atoms with E-state index in [9.17, 15) is 9.59 Å². The lowest BCUT2D eigenvalue weighted by Crippen LogP contribution is -2.08. The first-order valence-corrected chi connectivity index (χ1v) is 5.47. The quantitative estimate of drug-likeness (QED) is 0.509. The molecule has 0 saturated heterocycles. The van der Waals surface area contributed by atoms with Gasteiger partial charge < -0.3 is 14.9 Å². The van der Waals surface area contributed by atoms with Crippen LogP contribution in [-0.2, 0) is 16.0 Å². The summed E-state index contributed by atoms with van der Waals surface area (Å²) in [5.74, 6) is -0.449. The topological polar surface area (TPSA) is 82.5 Å². The largest absolute Gasteiger partial charge is 0.469 e. The van der Waals surface area contributed by atoms with E-state index in [2.05, 4.69) is 4.74 Å². The molecule has 1 aromatic heterocycles. The summed E-state index contributed by atoms with van der Waals surface area (Å²) in [5, 5.41) is 0.904. The summed E-state index contributed by atoms with van der Waals surface area (Å²) in [6.07, 6.45) is -0.0289. The molecule has 0 atom stereocenters. The van der Waals surface area contributed by atoms with Gasteiger partial charge in [-0.1, -0.05) is 11.6 Å². The zero-order chi connectivity index (χ0) is 13.3. The molecular weight excluding hydrogens is 258 g/mol. The van der Waals surface area contributed by atoms with E-state index >= 15 is 0 Å². The predicted octanol–water partition coefficient (Wildman–Crippen LogP) is 1.74. The van der Waals surface area contributed by atoms with Crippen LogP contribution >= 0.6 is 11.6 Å². The molecule has 0 saturated carbocycles. The molecule has 18 heavy (non-hydrogen) atoms. The molecule has 1 aromatic carbocycles. The van der Waals surface area contributed by atoms with Crippen LogP contribution in [0.25, 0.3) is 11.0 Å². The molecule has 6 heteroatoms. The van der Waals surface area contributed by atoms with E-state index in [4.69, 9.17) is 21.8 Å². The van der Waals surface area contributed by atoms with Crippen LogP contribution in [0.5, 0.6) is 0 Å². The van der Waals surface area contributed by atoms with E-state index in [-0.39, 0.29) is 6.42 Å². The molecule has 0 fully saturated rings. The van der Waals surface area contributed by atoms with Crippen molar-refractivity contribution in [2.75, 3.05) is 12.8 Å². The molecule has 2 N–H and O–H groups in total. The summed E-state index contributed by atoms with van der Waals surface area (Å²) in [4.78, 5) is 22.7. The molecule has 0 bridgehead atoms. The minimum absolute atomic E-state index is 0.0289. The number of ether oxygens (including phenoxy) is 1. The number of carbonyl (C=O) groups is 1. The molecule has 5 nitrogen and oxygen atoms in total. The van der Waals surface area contributed by atoms with Crippen molar-refractivity contribution in [2.45, 2.75) is 6.42 Å². The maximum Gasteiger partial charge on any atom is 0.336 e. The van der Waals surface area contributed by atoms with Gasteiger partial charge in [0.25, 0.3) is 0 Å². The fraction of sp³-hybridized carbons (Fsp3) is 0.167. The highest BCUT2D eigenvalue weighted by Crippen LogP contribution is 2.27. The SMILES string of the molecule is COC(=O)Cc1cc(=O)oc2cc(N)c(Cl)cc12. The number of benzene rings is 1. The highest BCUT2D eigenvalue weighted by atomic mass is 35.5. The zero-order valence-corrected chi connectivity index (χ0v) is 10.3. The van der Waals surface area contributed by atoms with Crippen LogP contribution in [0.15, 0.2) is 27.4 Å². The number of fused-ring (bicyclic) bond motifs is 1. The number of nitrogen functional groups attached to an aromatic ring is 1. The molecule has 2 aromatic rings. The van der Waals surface area contributed by atoms with Crippen LogP contribution < -0.4 is 11.4 Å². The monoisotopic (exact) mass is 267 g/mol. The first kappa shape index (κ1) is 12.4. The summed E-state index contributed by atoms with van der Waals surface area (Å²) in [6.45, 7) is 0. The Kier molecular flexibility index (Phi) is 3.25. The second-order valence-electron chi connectivity index (χ2n) is 3.71. The average Bonchev–Trinajstić information content (AvgIpc) is 2.31. The van der Waals surface area contributed by atoms with E-state index in [1.54, 1.807) is 6.07 Å². The van der Waals surface area contributed by atoms with E-state index in [1.165, 1.54) is 19.2 Å². The average molecular weight is 268 g/mol. The van der Waals surface area contributed by atoms with E-state index in [1.807, 2.05) is 0 Å². The lowest BCUT2D eigenvalue weighted by molar-refractivity contribution is -0.139. The Morgan fingerprint density at radius 3 is 2.83 bits per heavy atom. The van der Waals surface area contributed by atoms with Gasteiger partial charge in [0.2, 0.25) is 0 Å². The number of carbonyl (C=O) groups excluding carboxylic acids is 1. The molecule has 94 valence electrons. The number of methoxy groups -OCH3 is 1. The molecule has 0 aliphatic carbocycles. The highest BCUT2D eigenvalue weighted by Gasteiger charge is 2.12. The third kappa shape index (κ3) is 2.31. The van der Waals surface area contributed by atoms with Gasteiger partial charge in [-0.25, -0.2) is 4.79 Å². The first-order chi connectivity index (χ1) is 8.51. The van der Waals surface area contributed by atoms with Gasteiger partial charge in [-0.3, -0.25) is 4.79 Å². The molecule has 0 amide bonds. The number of anilines is 1. The second-order valence-corrected chi connectivity index (χ2v) is 4.12. The number of nitrogens with two attached hydrogens (primary N) is 1. The van der Waals surface area contributed by atoms with Gasteiger partial charge in [0, 0.05) is 17.5 Å². The molecule has 0 aliphatic heterocycles. The fourth-order valence-electron chi connectivity index (χ4n) is 1.64. The Balaban J connectivity index is 2.68. The Morgan fingerprint density at radius 2 is 2.17 bits per heavy atom. The summed E-state index contributed by atoms with van der Waals surface area (Å²) < 4.78 is 9.57. The number of hydrogen-bond donors (Lipinski definition) is 1. The third-order valence-electron chi connectivity index (χ3n) is 2.51. The van der Waals surface area contributed by atoms with Crippen LogP contribution in [0.4, 0.5) is 5.69 Å². The Morgan fingerprint density at radius 1 is 1.44 bits per heavy atom. The van der Waals surface area contributed by atoms with Crippen molar-refractivity contribution in [2.24, 2.45) is 0 Å². The van der Waals surface area contributed by atoms with Crippen LogP contribution in [0, 0.1) is 0 Å². The maximum atomic E-state index is 11.4. The number of hydrogen-bond acceptors (Lipinski definition) is 5. The van der Waals surface area contributed by atoms with Gasteiger partial charge in [0.05, 0.1) is 24.2 Å². The lowest BCUT2D eigenvalue weighted by Gasteiger charge is -2.06. The van der Waals surface area contributed by atoms with Crippen molar-refractivity contribution in [3.8, 4) is 0 Å². The number of rotatable bonds is 2. The highest BCUT2D eigenvalue weighted by molar-refractivity contribution is 6.33. The number of halogens is 1.